The maximum Gasteiger partial charge on any atom is 0.130 e. The van der Waals surface area contributed by atoms with Crippen molar-refractivity contribution in [1.29, 1.82) is 0 Å². The van der Waals surface area contributed by atoms with Crippen LogP contribution in [0.4, 0.5) is 13.2 Å². The Morgan fingerprint density at radius 3 is 2.48 bits per heavy atom. The van der Waals surface area contributed by atoms with Crippen LogP contribution < -0.4 is 11.3 Å². The third-order valence-electron chi connectivity index (χ3n) is 3.29. The second-order valence-electron chi connectivity index (χ2n) is 4.78. The van der Waals surface area contributed by atoms with Crippen LogP contribution in [-0.2, 0) is 6.42 Å². The number of nitrogens with two attached hydrogens (primary N) is 1. The van der Waals surface area contributed by atoms with Crippen molar-refractivity contribution in [2.24, 2.45) is 5.84 Å². The Morgan fingerprint density at radius 2 is 1.86 bits per heavy atom. The van der Waals surface area contributed by atoms with Crippen molar-refractivity contribution in [3.63, 3.8) is 0 Å². The maximum atomic E-state index is 13.9. The van der Waals surface area contributed by atoms with Gasteiger partial charge in [-0.1, -0.05) is 22.0 Å². The third kappa shape index (κ3) is 3.64. The highest BCUT2D eigenvalue weighted by atomic mass is 79.9. The topological polar surface area (TPSA) is 38.0 Å². The summed E-state index contributed by atoms with van der Waals surface area (Å²) in [6, 6.07) is 5.96. The summed E-state index contributed by atoms with van der Waals surface area (Å²) in [6.45, 7) is 1.56. The van der Waals surface area contributed by atoms with E-state index in [1.807, 2.05) is 0 Å². The van der Waals surface area contributed by atoms with E-state index >= 15 is 0 Å². The van der Waals surface area contributed by atoms with E-state index in [4.69, 9.17) is 5.84 Å². The Bertz CT molecular complexity index is 662. The van der Waals surface area contributed by atoms with Crippen LogP contribution >= 0.6 is 15.9 Å². The van der Waals surface area contributed by atoms with Crippen LogP contribution in [-0.4, -0.2) is 0 Å². The van der Waals surface area contributed by atoms with Crippen LogP contribution in [0.15, 0.2) is 34.8 Å². The molecule has 0 saturated heterocycles. The van der Waals surface area contributed by atoms with E-state index in [1.165, 1.54) is 18.2 Å². The number of halogens is 4. The third-order valence-corrected chi connectivity index (χ3v) is 4.03. The molecule has 0 fully saturated rings. The minimum Gasteiger partial charge on any atom is -0.271 e. The molecule has 0 amide bonds. The van der Waals surface area contributed by atoms with E-state index in [0.717, 1.165) is 11.6 Å². The molecule has 0 saturated carbocycles. The normalized spacial score (nSPS) is 12.5. The van der Waals surface area contributed by atoms with Gasteiger partial charge in [-0.3, -0.25) is 11.3 Å². The molecule has 0 radical (unpaired) electrons. The molecule has 2 nitrogen and oxygen atoms in total. The number of rotatable bonds is 4. The molecule has 0 bridgehead atoms. The van der Waals surface area contributed by atoms with E-state index in [2.05, 4.69) is 21.4 Å². The lowest BCUT2D eigenvalue weighted by atomic mass is 9.97. The molecule has 0 heterocycles. The predicted molar refractivity (Wildman–Crippen MR) is 79.0 cm³/mol. The van der Waals surface area contributed by atoms with Crippen LogP contribution in [0.3, 0.4) is 0 Å². The van der Waals surface area contributed by atoms with Crippen LogP contribution in [0.1, 0.15) is 22.7 Å². The highest BCUT2D eigenvalue weighted by Gasteiger charge is 2.18. The predicted octanol–water partition coefficient (Wildman–Crippen LogP) is 3.92. The second kappa shape index (κ2) is 6.60. The zero-order chi connectivity index (χ0) is 15.6. The fraction of sp³-hybridized carbons (Fsp3) is 0.200. The highest BCUT2D eigenvalue weighted by molar-refractivity contribution is 9.10. The number of benzene rings is 2. The van der Waals surface area contributed by atoms with Gasteiger partial charge in [0.1, 0.15) is 17.5 Å². The number of aryl methyl sites for hydroxylation is 1. The van der Waals surface area contributed by atoms with E-state index in [-0.39, 0.29) is 11.4 Å². The first-order chi connectivity index (χ1) is 9.92. The quantitative estimate of drug-likeness (QED) is 0.642. The second-order valence-corrected chi connectivity index (χ2v) is 5.64. The van der Waals surface area contributed by atoms with Gasteiger partial charge in [0.05, 0.1) is 6.04 Å². The Morgan fingerprint density at radius 1 is 1.14 bits per heavy atom. The van der Waals surface area contributed by atoms with Gasteiger partial charge in [-0.05, 0) is 42.7 Å². The fourth-order valence-electron chi connectivity index (χ4n) is 2.11. The monoisotopic (exact) mass is 358 g/mol. The van der Waals surface area contributed by atoms with Gasteiger partial charge in [0.25, 0.3) is 0 Å². The molecule has 21 heavy (non-hydrogen) atoms. The van der Waals surface area contributed by atoms with E-state index in [0.29, 0.717) is 16.5 Å². The molecule has 0 aliphatic heterocycles. The number of hydrogen-bond acceptors (Lipinski definition) is 2. The average molecular weight is 359 g/mol. The summed E-state index contributed by atoms with van der Waals surface area (Å²) in [4.78, 5) is 0. The van der Waals surface area contributed by atoms with Crippen molar-refractivity contribution in [3.8, 4) is 0 Å². The molecule has 2 rings (SSSR count). The first kappa shape index (κ1) is 16.0. The molecular formula is C15H14BrF3N2. The SMILES string of the molecule is Cc1cc(C(Cc2ccc(F)cc2Br)NN)c(F)cc1F. The van der Waals surface area contributed by atoms with Crippen molar-refractivity contribution in [2.45, 2.75) is 19.4 Å². The van der Waals surface area contributed by atoms with Crippen LogP contribution in [0.25, 0.3) is 0 Å². The Hall–Kier alpha value is -1.37. The molecule has 0 aromatic heterocycles. The average Bonchev–Trinajstić information content (AvgIpc) is 2.43. The molecule has 112 valence electrons. The molecule has 0 spiro atoms. The van der Waals surface area contributed by atoms with Gasteiger partial charge in [0.15, 0.2) is 0 Å². The van der Waals surface area contributed by atoms with Gasteiger partial charge in [-0.15, -0.1) is 0 Å². The van der Waals surface area contributed by atoms with Crippen LogP contribution in [0, 0.1) is 24.4 Å². The summed E-state index contributed by atoms with van der Waals surface area (Å²) in [7, 11) is 0. The molecule has 3 N–H and O–H groups in total. The van der Waals surface area contributed by atoms with Crippen molar-refractivity contribution in [2.75, 3.05) is 0 Å². The lowest BCUT2D eigenvalue weighted by Gasteiger charge is -2.19. The maximum absolute atomic E-state index is 13.9. The molecule has 1 atom stereocenters. The van der Waals surface area contributed by atoms with Gasteiger partial charge < -0.3 is 0 Å². The van der Waals surface area contributed by atoms with Crippen LogP contribution in [0.5, 0.6) is 0 Å². The Kier molecular flexibility index (Phi) is 5.03. The molecule has 6 heteroatoms. The lowest BCUT2D eigenvalue weighted by Crippen LogP contribution is -2.30. The highest BCUT2D eigenvalue weighted by Crippen LogP contribution is 2.27. The lowest BCUT2D eigenvalue weighted by molar-refractivity contribution is 0.500. The Balaban J connectivity index is 2.34. The van der Waals surface area contributed by atoms with Crippen molar-refractivity contribution in [1.82, 2.24) is 5.43 Å². The fourth-order valence-corrected chi connectivity index (χ4v) is 2.63. The molecular weight excluding hydrogens is 345 g/mol. The zero-order valence-electron chi connectivity index (χ0n) is 11.3. The summed E-state index contributed by atoms with van der Waals surface area (Å²) in [5.41, 5.74) is 3.89. The number of hydrazine groups is 1. The summed E-state index contributed by atoms with van der Waals surface area (Å²) in [5, 5.41) is 0. The van der Waals surface area contributed by atoms with Crippen molar-refractivity contribution < 1.29 is 13.2 Å². The first-order valence-electron chi connectivity index (χ1n) is 6.28. The van der Waals surface area contributed by atoms with Crippen molar-refractivity contribution in [3.05, 3.63) is 68.9 Å². The molecule has 0 aliphatic rings. The Labute approximate surface area is 129 Å². The van der Waals surface area contributed by atoms with Gasteiger partial charge in [-0.25, -0.2) is 13.2 Å². The summed E-state index contributed by atoms with van der Waals surface area (Å²) >= 11 is 3.26. The van der Waals surface area contributed by atoms with Gasteiger partial charge >= 0.3 is 0 Å². The standard InChI is InChI=1S/C15H14BrF3N2/c1-8-4-11(14(19)7-13(8)18)15(21-20)5-9-2-3-10(17)6-12(9)16/h2-4,6-7,15,21H,5,20H2,1H3. The first-order valence-corrected chi connectivity index (χ1v) is 7.07. The largest absolute Gasteiger partial charge is 0.271 e. The van der Waals surface area contributed by atoms with Gasteiger partial charge in [0, 0.05) is 16.1 Å². The molecule has 2 aromatic carbocycles. The van der Waals surface area contributed by atoms with Gasteiger partial charge in [0.2, 0.25) is 0 Å². The minimum absolute atomic E-state index is 0.271. The summed E-state index contributed by atoms with van der Waals surface area (Å²) in [6.07, 6.45) is 0.333. The smallest absolute Gasteiger partial charge is 0.130 e. The molecule has 2 aromatic rings. The number of nitrogens with one attached hydrogen (secondary N) is 1. The summed E-state index contributed by atoms with van der Waals surface area (Å²) < 4.78 is 40.9. The van der Waals surface area contributed by atoms with Gasteiger partial charge in [-0.2, -0.15) is 0 Å². The minimum atomic E-state index is -0.667. The van der Waals surface area contributed by atoms with Crippen molar-refractivity contribution >= 4 is 15.9 Å². The summed E-state index contributed by atoms with van der Waals surface area (Å²) in [5.74, 6) is 3.85. The van der Waals surface area contributed by atoms with E-state index in [1.54, 1.807) is 13.0 Å². The molecule has 1 unspecified atom stereocenters. The number of hydrogen-bond donors (Lipinski definition) is 2. The molecule has 0 aliphatic carbocycles. The van der Waals surface area contributed by atoms with E-state index in [9.17, 15) is 13.2 Å². The van der Waals surface area contributed by atoms with Crippen LogP contribution in [0.2, 0.25) is 0 Å². The zero-order valence-corrected chi connectivity index (χ0v) is 12.8. The van der Waals surface area contributed by atoms with E-state index < -0.39 is 17.7 Å².